The summed E-state index contributed by atoms with van der Waals surface area (Å²) in [6.07, 6.45) is 3.83. The van der Waals surface area contributed by atoms with Crippen LogP contribution in [0.15, 0.2) is 61.1 Å². The number of aromatic nitrogens is 3. The third-order valence-electron chi connectivity index (χ3n) is 6.83. The Balaban J connectivity index is 1.39. The van der Waals surface area contributed by atoms with Gasteiger partial charge in [0.15, 0.2) is 11.9 Å². The molecule has 2 aromatic heterocycles. The molecule has 3 N–H and O–H groups in total. The van der Waals surface area contributed by atoms with Gasteiger partial charge in [-0.05, 0) is 88.2 Å². The number of nitrogens with one attached hydrogen (secondary N) is 2. The largest absolute Gasteiger partial charge is 0.482 e. The van der Waals surface area contributed by atoms with E-state index in [1.165, 1.54) is 6.33 Å². The topological polar surface area (TPSA) is 118 Å². The van der Waals surface area contributed by atoms with Crippen LogP contribution >= 0.6 is 0 Å². The Bertz CT molecular complexity index is 1450. The number of ether oxygens (including phenoxy) is 2. The molecule has 0 saturated carbocycles. The zero-order valence-electron chi connectivity index (χ0n) is 21.7. The van der Waals surface area contributed by atoms with Crippen LogP contribution in [-0.4, -0.2) is 50.6 Å². The maximum atomic E-state index is 13.2. The van der Waals surface area contributed by atoms with Gasteiger partial charge in [0.05, 0.1) is 23.7 Å². The van der Waals surface area contributed by atoms with Crippen molar-refractivity contribution in [2.45, 2.75) is 45.3 Å². The van der Waals surface area contributed by atoms with Gasteiger partial charge in [-0.1, -0.05) is 6.07 Å². The first-order valence-corrected chi connectivity index (χ1v) is 12.7. The monoisotopic (exact) mass is 513 g/mol. The van der Waals surface area contributed by atoms with E-state index in [2.05, 4.69) is 25.6 Å². The first kappa shape index (κ1) is 25.6. The number of pyridine rings is 1. The van der Waals surface area contributed by atoms with Gasteiger partial charge >= 0.3 is 0 Å². The van der Waals surface area contributed by atoms with Crippen molar-refractivity contribution in [3.05, 3.63) is 72.3 Å². The van der Waals surface area contributed by atoms with Gasteiger partial charge in [0.25, 0.3) is 0 Å². The smallest absolute Gasteiger partial charge is 0.195 e. The number of aliphatic hydroxyl groups excluding tert-OH is 1. The molecular weight excluding hydrogens is 482 g/mol. The van der Waals surface area contributed by atoms with Crippen molar-refractivity contribution in [1.29, 1.82) is 0 Å². The van der Waals surface area contributed by atoms with Crippen molar-refractivity contribution in [3.63, 3.8) is 0 Å². The number of rotatable bonds is 9. The standard InChI is InChI=1S/C29H31N5O4/c1-18-14-21(9-11-24(18)38-22-10-8-19(2)30-15-22)34-28-26-23(31-17-32-28)6-4-7-25(26)37-20(3)27(36)29(16-35)12-5-13-33-29/h4,6-11,14-15,17,20,33,35H,5,12-13,16H2,1-3H3,(H,31,32,34)/t20-,29-/m1/s1. The van der Waals surface area contributed by atoms with Gasteiger partial charge < -0.3 is 25.2 Å². The van der Waals surface area contributed by atoms with Crippen molar-refractivity contribution < 1.29 is 19.4 Å². The van der Waals surface area contributed by atoms with Crippen molar-refractivity contribution >= 4 is 28.2 Å². The van der Waals surface area contributed by atoms with E-state index < -0.39 is 11.6 Å². The minimum atomic E-state index is -0.961. The number of aliphatic hydroxyl groups is 1. The van der Waals surface area contributed by atoms with E-state index in [9.17, 15) is 9.90 Å². The Morgan fingerprint density at radius 1 is 1.13 bits per heavy atom. The summed E-state index contributed by atoms with van der Waals surface area (Å²) >= 11 is 0. The fourth-order valence-electron chi connectivity index (χ4n) is 4.75. The average Bonchev–Trinajstić information content (AvgIpc) is 3.42. The highest BCUT2D eigenvalue weighted by Crippen LogP contribution is 2.34. The van der Waals surface area contributed by atoms with Gasteiger partial charge in [-0.2, -0.15) is 0 Å². The predicted molar refractivity (Wildman–Crippen MR) is 145 cm³/mol. The molecule has 4 aromatic rings. The van der Waals surface area contributed by atoms with Crippen LogP contribution in [-0.2, 0) is 4.79 Å². The Morgan fingerprint density at radius 3 is 2.71 bits per heavy atom. The van der Waals surface area contributed by atoms with Crippen molar-refractivity contribution in [2.24, 2.45) is 0 Å². The lowest BCUT2D eigenvalue weighted by molar-refractivity contribution is -0.132. The number of fused-ring (bicyclic) bond motifs is 1. The molecule has 9 heteroatoms. The highest BCUT2D eigenvalue weighted by molar-refractivity contribution is 5.97. The SMILES string of the molecule is Cc1ccc(Oc2ccc(Nc3ncnc4cccc(O[C@H](C)C(=O)[C@]5(CO)CCCN5)c34)cc2C)cn1. The normalized spacial score (nSPS) is 17.8. The molecule has 1 saturated heterocycles. The maximum Gasteiger partial charge on any atom is 0.195 e. The van der Waals surface area contributed by atoms with E-state index in [0.717, 1.165) is 29.1 Å². The number of anilines is 2. The minimum absolute atomic E-state index is 0.171. The molecule has 1 aliphatic heterocycles. The first-order chi connectivity index (χ1) is 18.4. The number of nitrogens with zero attached hydrogens (tertiary/aromatic N) is 3. The second-order valence-corrected chi connectivity index (χ2v) is 9.61. The third-order valence-corrected chi connectivity index (χ3v) is 6.83. The van der Waals surface area contributed by atoms with E-state index in [-0.39, 0.29) is 12.4 Å². The Kier molecular flexibility index (Phi) is 7.22. The molecule has 9 nitrogen and oxygen atoms in total. The van der Waals surface area contributed by atoms with Crippen molar-refractivity contribution in [3.8, 4) is 17.2 Å². The third kappa shape index (κ3) is 5.16. The lowest BCUT2D eigenvalue weighted by atomic mass is 9.90. The second-order valence-electron chi connectivity index (χ2n) is 9.61. The van der Waals surface area contributed by atoms with Crippen molar-refractivity contribution in [2.75, 3.05) is 18.5 Å². The molecule has 1 fully saturated rings. The summed E-state index contributed by atoms with van der Waals surface area (Å²) in [6.45, 7) is 6.04. The van der Waals surface area contributed by atoms with Gasteiger partial charge in [-0.3, -0.25) is 9.78 Å². The molecule has 1 aliphatic rings. The molecule has 2 aromatic carbocycles. The van der Waals surface area contributed by atoms with Crippen LogP contribution < -0.4 is 20.1 Å². The number of hydrogen-bond donors (Lipinski definition) is 3. The predicted octanol–water partition coefficient (Wildman–Crippen LogP) is 4.63. The Hall–Kier alpha value is -4.08. The lowest BCUT2D eigenvalue weighted by Crippen LogP contribution is -2.55. The molecule has 196 valence electrons. The number of Topliss-reactive ketones (excluding diaryl/α,β-unsaturated/α-hetero) is 1. The fraction of sp³-hybridized carbons (Fsp3) is 0.310. The summed E-state index contributed by atoms with van der Waals surface area (Å²) in [6, 6.07) is 15.1. The highest BCUT2D eigenvalue weighted by atomic mass is 16.5. The van der Waals surface area contributed by atoms with Gasteiger partial charge in [0.2, 0.25) is 0 Å². The number of aryl methyl sites for hydroxylation is 2. The zero-order valence-corrected chi connectivity index (χ0v) is 21.7. The summed E-state index contributed by atoms with van der Waals surface area (Å²) in [4.78, 5) is 26.4. The van der Waals surface area contributed by atoms with E-state index in [1.807, 2.05) is 56.3 Å². The highest BCUT2D eigenvalue weighted by Gasteiger charge is 2.43. The van der Waals surface area contributed by atoms with Crippen LogP contribution in [0.4, 0.5) is 11.5 Å². The minimum Gasteiger partial charge on any atom is -0.482 e. The number of carbonyl (C=O) groups is 1. The molecule has 0 unspecified atom stereocenters. The summed E-state index contributed by atoms with van der Waals surface area (Å²) in [5.41, 5.74) is 2.39. The number of benzene rings is 2. The number of hydrogen-bond acceptors (Lipinski definition) is 9. The number of ketones is 1. The van der Waals surface area contributed by atoms with Crippen molar-refractivity contribution in [1.82, 2.24) is 20.3 Å². The molecular formula is C29H31N5O4. The molecule has 2 atom stereocenters. The van der Waals surface area contributed by atoms with Crippen LogP contribution in [0.25, 0.3) is 10.9 Å². The summed E-state index contributed by atoms with van der Waals surface area (Å²) in [7, 11) is 0. The Morgan fingerprint density at radius 2 is 2.00 bits per heavy atom. The van der Waals surface area contributed by atoms with E-state index in [4.69, 9.17) is 9.47 Å². The fourth-order valence-corrected chi connectivity index (χ4v) is 4.75. The van der Waals surface area contributed by atoms with E-state index in [1.54, 1.807) is 19.2 Å². The first-order valence-electron chi connectivity index (χ1n) is 12.7. The molecule has 0 spiro atoms. The molecule has 5 rings (SSSR count). The zero-order chi connectivity index (χ0) is 26.7. The Labute approximate surface area is 221 Å². The number of carbonyl (C=O) groups excluding carboxylic acids is 1. The molecule has 0 radical (unpaired) electrons. The van der Waals surface area contributed by atoms with E-state index >= 15 is 0 Å². The van der Waals surface area contributed by atoms with Gasteiger partial charge in [-0.25, -0.2) is 9.97 Å². The summed E-state index contributed by atoms with van der Waals surface area (Å²) < 4.78 is 12.2. The molecule has 0 aliphatic carbocycles. The van der Waals surface area contributed by atoms with Crippen LogP contribution in [0.5, 0.6) is 17.2 Å². The average molecular weight is 514 g/mol. The maximum absolute atomic E-state index is 13.2. The quantitative estimate of drug-likeness (QED) is 0.294. The lowest BCUT2D eigenvalue weighted by Gasteiger charge is -2.29. The van der Waals surface area contributed by atoms with Crippen LogP contribution in [0.3, 0.4) is 0 Å². The van der Waals surface area contributed by atoms with Gasteiger partial charge in [0, 0.05) is 11.4 Å². The van der Waals surface area contributed by atoms with Gasteiger partial charge in [-0.15, -0.1) is 0 Å². The second kappa shape index (κ2) is 10.7. The van der Waals surface area contributed by atoms with Crippen LogP contribution in [0.1, 0.15) is 31.0 Å². The molecule has 0 bridgehead atoms. The molecule has 0 amide bonds. The van der Waals surface area contributed by atoms with E-state index in [0.29, 0.717) is 41.2 Å². The molecule has 38 heavy (non-hydrogen) atoms. The van der Waals surface area contributed by atoms with Gasteiger partial charge in [0.1, 0.15) is 34.9 Å². The van der Waals surface area contributed by atoms with Crippen LogP contribution in [0.2, 0.25) is 0 Å². The molecule has 3 heterocycles. The summed E-state index contributed by atoms with van der Waals surface area (Å²) in [5, 5.41) is 17.1. The van der Waals surface area contributed by atoms with Crippen LogP contribution in [0, 0.1) is 13.8 Å². The summed E-state index contributed by atoms with van der Waals surface area (Å²) in [5.74, 6) is 2.26.